The van der Waals surface area contributed by atoms with Gasteiger partial charge in [-0.15, -0.1) is 0 Å². The summed E-state index contributed by atoms with van der Waals surface area (Å²) in [4.78, 5) is 58.2. The first-order valence-electron chi connectivity index (χ1n) is 10.2. The van der Waals surface area contributed by atoms with E-state index >= 15 is 0 Å². The lowest BCUT2D eigenvalue weighted by atomic mass is 9.99. The lowest BCUT2D eigenvalue weighted by Crippen LogP contribution is -2.57. The first kappa shape index (κ1) is 23.0. The number of aromatic nitrogens is 2. The number of amides is 4. The van der Waals surface area contributed by atoms with Crippen molar-refractivity contribution in [1.29, 1.82) is 0 Å². The summed E-state index contributed by atoms with van der Waals surface area (Å²) in [6.45, 7) is 1.67. The Balaban J connectivity index is 1.71. The van der Waals surface area contributed by atoms with Gasteiger partial charge in [-0.05, 0) is 43.3 Å². The van der Waals surface area contributed by atoms with E-state index in [0.29, 0.717) is 16.9 Å². The number of nitro groups is 1. The van der Waals surface area contributed by atoms with E-state index in [9.17, 15) is 29.3 Å². The summed E-state index contributed by atoms with van der Waals surface area (Å²) in [5.74, 6) is -4.13. The number of non-ortho nitro benzene ring substituents is 1. The Morgan fingerprint density at radius 1 is 1.06 bits per heavy atom. The topological polar surface area (TPSA) is 163 Å². The molecule has 4 amide bonds. The Hall–Kier alpha value is -5.13. The number of carbonyl (C=O) groups is 4. The second kappa shape index (κ2) is 9.39. The Morgan fingerprint density at radius 2 is 1.69 bits per heavy atom. The third-order valence-electron chi connectivity index (χ3n) is 5.02. The quantitative estimate of drug-likeness (QED) is 0.228. The van der Waals surface area contributed by atoms with E-state index in [4.69, 9.17) is 4.74 Å². The maximum absolute atomic E-state index is 12.6. The van der Waals surface area contributed by atoms with Gasteiger partial charge in [-0.3, -0.25) is 35.1 Å². The molecule has 12 heteroatoms. The van der Waals surface area contributed by atoms with Crippen LogP contribution < -0.4 is 15.4 Å². The van der Waals surface area contributed by atoms with E-state index in [1.807, 2.05) is 16.7 Å². The van der Waals surface area contributed by atoms with Crippen LogP contribution in [0.5, 0.6) is 11.6 Å². The number of ether oxygens (including phenoxy) is 1. The average Bonchev–Trinajstić information content (AvgIpc) is 3.12. The number of allylic oxidation sites excluding steroid dienone is 1. The normalized spacial score (nSPS) is 14.0. The molecule has 0 bridgehead atoms. The third-order valence-corrected chi connectivity index (χ3v) is 5.02. The summed E-state index contributed by atoms with van der Waals surface area (Å²) >= 11 is 0. The molecule has 0 atom stereocenters. The smallest absolute Gasteiger partial charge is 0.328 e. The SMILES string of the molecule is Cc1nn(-c2ccccc2)c(Oc2ccc([N+](=O)[O-])cc2)c1/C=C/C(=O)C1C(=O)NC(=O)NC1=O. The molecule has 1 aliphatic heterocycles. The molecule has 3 aromatic rings. The fourth-order valence-electron chi connectivity index (χ4n) is 3.34. The molecule has 1 fully saturated rings. The predicted octanol–water partition coefficient (Wildman–Crippen LogP) is 2.45. The number of ketones is 1. The molecule has 0 radical (unpaired) electrons. The zero-order chi connectivity index (χ0) is 25.1. The monoisotopic (exact) mass is 475 g/mol. The molecule has 2 aromatic carbocycles. The summed E-state index contributed by atoms with van der Waals surface area (Å²) in [7, 11) is 0. The number of barbiturate groups is 1. The number of nitrogens with one attached hydrogen (secondary N) is 2. The Morgan fingerprint density at radius 3 is 2.29 bits per heavy atom. The summed E-state index contributed by atoms with van der Waals surface area (Å²) < 4.78 is 7.48. The van der Waals surface area contributed by atoms with Gasteiger partial charge >= 0.3 is 6.03 Å². The fraction of sp³-hybridized carbons (Fsp3) is 0.0870. The number of urea groups is 1. The Bertz CT molecular complexity index is 1360. The van der Waals surface area contributed by atoms with Gasteiger partial charge in [0.15, 0.2) is 11.7 Å². The van der Waals surface area contributed by atoms with Crippen molar-refractivity contribution in [2.24, 2.45) is 5.92 Å². The van der Waals surface area contributed by atoms with Crippen molar-refractivity contribution in [2.45, 2.75) is 6.92 Å². The van der Waals surface area contributed by atoms with Crippen LogP contribution in [0.4, 0.5) is 10.5 Å². The molecule has 0 aliphatic carbocycles. The van der Waals surface area contributed by atoms with Crippen molar-refractivity contribution >= 4 is 35.4 Å². The maximum atomic E-state index is 12.6. The van der Waals surface area contributed by atoms with Crippen molar-refractivity contribution in [3.8, 4) is 17.3 Å². The van der Waals surface area contributed by atoms with Crippen LogP contribution in [0.2, 0.25) is 0 Å². The molecule has 2 heterocycles. The highest BCUT2D eigenvalue weighted by atomic mass is 16.6. The Labute approximate surface area is 197 Å². The molecule has 0 saturated carbocycles. The molecule has 0 spiro atoms. The van der Waals surface area contributed by atoms with Crippen molar-refractivity contribution < 1.29 is 28.8 Å². The molecule has 12 nitrogen and oxygen atoms in total. The number of imide groups is 2. The van der Waals surface area contributed by atoms with Crippen molar-refractivity contribution in [3.63, 3.8) is 0 Å². The number of nitro benzene ring substituents is 1. The van der Waals surface area contributed by atoms with Crippen LogP contribution in [0.15, 0.2) is 60.7 Å². The molecular formula is C23H17N5O7. The van der Waals surface area contributed by atoms with Gasteiger partial charge in [-0.1, -0.05) is 18.2 Å². The van der Waals surface area contributed by atoms with Crippen LogP contribution in [0.1, 0.15) is 11.3 Å². The molecule has 35 heavy (non-hydrogen) atoms. The van der Waals surface area contributed by atoms with Crippen molar-refractivity contribution in [3.05, 3.63) is 82.0 Å². The van der Waals surface area contributed by atoms with E-state index in [2.05, 4.69) is 5.10 Å². The van der Waals surface area contributed by atoms with Crippen LogP contribution in [0, 0.1) is 23.0 Å². The molecule has 1 saturated heterocycles. The maximum Gasteiger partial charge on any atom is 0.328 e. The molecule has 2 N–H and O–H groups in total. The molecule has 176 valence electrons. The first-order chi connectivity index (χ1) is 16.7. The largest absolute Gasteiger partial charge is 0.438 e. The van der Waals surface area contributed by atoms with Gasteiger partial charge in [-0.2, -0.15) is 9.78 Å². The number of para-hydroxylation sites is 1. The average molecular weight is 475 g/mol. The fourth-order valence-corrected chi connectivity index (χ4v) is 3.34. The number of rotatable bonds is 7. The van der Waals surface area contributed by atoms with E-state index in [0.717, 1.165) is 6.08 Å². The summed E-state index contributed by atoms with van der Waals surface area (Å²) in [6.07, 6.45) is 2.38. The predicted molar refractivity (Wildman–Crippen MR) is 121 cm³/mol. The summed E-state index contributed by atoms with van der Waals surface area (Å²) in [5, 5.41) is 19.2. The molecule has 1 aromatic heterocycles. The number of hydrogen-bond donors (Lipinski definition) is 2. The number of hydrogen-bond acceptors (Lipinski definition) is 8. The number of nitrogens with zero attached hydrogens (tertiary/aromatic N) is 3. The zero-order valence-electron chi connectivity index (χ0n) is 18.1. The van der Waals surface area contributed by atoms with Gasteiger partial charge in [0.25, 0.3) is 5.69 Å². The minimum atomic E-state index is -1.72. The highest BCUT2D eigenvalue weighted by Crippen LogP contribution is 2.32. The minimum absolute atomic E-state index is 0.113. The highest BCUT2D eigenvalue weighted by molar-refractivity contribution is 6.29. The molecule has 4 rings (SSSR count). The molecule has 0 unspecified atom stereocenters. The van der Waals surface area contributed by atoms with Gasteiger partial charge in [-0.25, -0.2) is 4.79 Å². The lowest BCUT2D eigenvalue weighted by Gasteiger charge is -2.18. The van der Waals surface area contributed by atoms with Crippen LogP contribution in [0.25, 0.3) is 11.8 Å². The third kappa shape index (κ3) is 4.80. The minimum Gasteiger partial charge on any atom is -0.438 e. The van der Waals surface area contributed by atoms with Crippen molar-refractivity contribution in [2.75, 3.05) is 0 Å². The number of benzene rings is 2. The van der Waals surface area contributed by atoms with Gasteiger partial charge in [0.2, 0.25) is 17.7 Å². The van der Waals surface area contributed by atoms with E-state index in [-0.39, 0.29) is 17.3 Å². The lowest BCUT2D eigenvalue weighted by molar-refractivity contribution is -0.384. The first-order valence-corrected chi connectivity index (χ1v) is 10.2. The molecular weight excluding hydrogens is 458 g/mol. The second-order valence-corrected chi connectivity index (χ2v) is 7.38. The van der Waals surface area contributed by atoms with Crippen LogP contribution in [-0.4, -0.2) is 38.3 Å². The summed E-state index contributed by atoms with van der Waals surface area (Å²) in [6, 6.07) is 13.4. The van der Waals surface area contributed by atoms with Crippen LogP contribution >= 0.6 is 0 Å². The Kier molecular flexibility index (Phi) is 6.18. The number of carbonyl (C=O) groups excluding carboxylic acids is 4. The van der Waals surface area contributed by atoms with E-state index in [1.165, 1.54) is 35.0 Å². The van der Waals surface area contributed by atoms with Gasteiger partial charge in [0.1, 0.15) is 5.75 Å². The van der Waals surface area contributed by atoms with Crippen molar-refractivity contribution in [1.82, 2.24) is 20.4 Å². The number of aryl methyl sites for hydroxylation is 1. The standard InChI is InChI=1S/C23H17N5O7/c1-13-17(11-12-18(29)19-20(30)24-23(32)25-21(19)31)22(27(26-13)14-5-3-2-4-6-14)35-16-9-7-15(8-10-16)28(33)34/h2-12,19H,1H3,(H2,24,25,30,31,32)/b12-11+. The highest BCUT2D eigenvalue weighted by Gasteiger charge is 2.38. The summed E-state index contributed by atoms with van der Waals surface area (Å²) in [5.41, 5.74) is 1.36. The van der Waals surface area contributed by atoms with Gasteiger partial charge < -0.3 is 4.74 Å². The van der Waals surface area contributed by atoms with Gasteiger partial charge in [0.05, 0.1) is 21.9 Å². The van der Waals surface area contributed by atoms with Crippen LogP contribution in [-0.2, 0) is 14.4 Å². The van der Waals surface area contributed by atoms with Crippen LogP contribution in [0.3, 0.4) is 0 Å². The molecule has 1 aliphatic rings. The zero-order valence-corrected chi connectivity index (χ0v) is 18.1. The van der Waals surface area contributed by atoms with E-state index < -0.39 is 34.5 Å². The van der Waals surface area contributed by atoms with E-state index in [1.54, 1.807) is 31.2 Å². The van der Waals surface area contributed by atoms with Gasteiger partial charge in [0, 0.05) is 12.1 Å². The second-order valence-electron chi connectivity index (χ2n) is 7.38.